The Bertz CT molecular complexity index is 1180. The lowest BCUT2D eigenvalue weighted by Gasteiger charge is -2.13. The van der Waals surface area contributed by atoms with E-state index in [2.05, 4.69) is 10.0 Å². The fourth-order valence-corrected chi connectivity index (χ4v) is 4.11. The molecule has 3 aromatic carbocycles. The maximum absolute atomic E-state index is 12.6. The summed E-state index contributed by atoms with van der Waals surface area (Å²) in [5.41, 5.74) is 3.19. The van der Waals surface area contributed by atoms with Gasteiger partial charge in [-0.3, -0.25) is 9.52 Å². The van der Waals surface area contributed by atoms with E-state index < -0.39 is 10.0 Å². The zero-order valence-corrected chi connectivity index (χ0v) is 18.0. The van der Waals surface area contributed by atoms with Gasteiger partial charge in [-0.05, 0) is 73.5 Å². The minimum Gasteiger partial charge on any atom is -0.322 e. The zero-order chi connectivity index (χ0) is 21.2. The first-order valence-electron chi connectivity index (χ1n) is 8.63. The predicted molar refractivity (Wildman–Crippen MR) is 118 cm³/mol. The fraction of sp³-hybridized carbons (Fsp3) is 0.0952. The van der Waals surface area contributed by atoms with E-state index in [-0.39, 0.29) is 27.1 Å². The van der Waals surface area contributed by atoms with Crippen molar-refractivity contribution >= 4 is 50.5 Å². The lowest BCUT2D eigenvalue weighted by atomic mass is 10.1. The van der Waals surface area contributed by atoms with Crippen molar-refractivity contribution in [2.24, 2.45) is 0 Å². The van der Waals surface area contributed by atoms with Crippen molar-refractivity contribution in [2.45, 2.75) is 18.7 Å². The number of halogens is 2. The van der Waals surface area contributed by atoms with Crippen LogP contribution in [-0.2, 0) is 10.0 Å². The van der Waals surface area contributed by atoms with Crippen molar-refractivity contribution in [1.82, 2.24) is 0 Å². The minimum atomic E-state index is -3.81. The van der Waals surface area contributed by atoms with Gasteiger partial charge >= 0.3 is 0 Å². The second kappa shape index (κ2) is 8.45. The van der Waals surface area contributed by atoms with Crippen LogP contribution in [-0.4, -0.2) is 14.3 Å². The van der Waals surface area contributed by atoms with Crippen LogP contribution in [0.15, 0.2) is 65.6 Å². The van der Waals surface area contributed by atoms with E-state index >= 15 is 0 Å². The third kappa shape index (κ3) is 4.90. The third-order valence-corrected chi connectivity index (χ3v) is 6.40. The number of anilines is 2. The summed E-state index contributed by atoms with van der Waals surface area (Å²) in [6, 6.07) is 15.8. The number of carbonyl (C=O) groups excluding carboxylic acids is 1. The molecule has 0 aliphatic rings. The Morgan fingerprint density at radius 1 is 0.931 bits per heavy atom. The first kappa shape index (κ1) is 21.2. The summed E-state index contributed by atoms with van der Waals surface area (Å²) in [5.74, 6) is -0.379. The molecule has 0 heterocycles. The summed E-state index contributed by atoms with van der Waals surface area (Å²) in [4.78, 5) is 12.7. The van der Waals surface area contributed by atoms with Gasteiger partial charge < -0.3 is 5.32 Å². The van der Waals surface area contributed by atoms with E-state index in [0.29, 0.717) is 10.7 Å². The number of amides is 1. The van der Waals surface area contributed by atoms with E-state index in [1.54, 1.807) is 0 Å². The monoisotopic (exact) mass is 448 g/mol. The van der Waals surface area contributed by atoms with E-state index in [4.69, 9.17) is 23.2 Å². The van der Waals surface area contributed by atoms with Crippen molar-refractivity contribution in [3.63, 3.8) is 0 Å². The number of hydrogen-bond acceptors (Lipinski definition) is 3. The molecule has 0 aliphatic carbocycles. The molecule has 3 rings (SSSR count). The van der Waals surface area contributed by atoms with Crippen LogP contribution in [0.1, 0.15) is 21.5 Å². The molecule has 0 fully saturated rings. The molecule has 0 spiro atoms. The lowest BCUT2D eigenvalue weighted by Crippen LogP contribution is -2.15. The molecule has 150 valence electrons. The first-order valence-corrected chi connectivity index (χ1v) is 10.9. The fourth-order valence-electron chi connectivity index (χ4n) is 2.67. The summed E-state index contributed by atoms with van der Waals surface area (Å²) in [6.07, 6.45) is 0. The molecule has 0 aliphatic heterocycles. The molecule has 2 N–H and O–H groups in total. The smallest absolute Gasteiger partial charge is 0.261 e. The van der Waals surface area contributed by atoms with E-state index in [1.807, 2.05) is 32.0 Å². The molecule has 0 radical (unpaired) electrons. The number of nitrogens with one attached hydrogen (secondary N) is 2. The lowest BCUT2D eigenvalue weighted by molar-refractivity contribution is 0.102. The maximum Gasteiger partial charge on any atom is 0.261 e. The van der Waals surface area contributed by atoms with Gasteiger partial charge in [0.15, 0.2) is 0 Å². The van der Waals surface area contributed by atoms with Crippen molar-refractivity contribution in [3.05, 3.63) is 87.4 Å². The van der Waals surface area contributed by atoms with Crippen molar-refractivity contribution in [3.8, 4) is 0 Å². The Hall–Kier alpha value is -2.54. The van der Waals surface area contributed by atoms with Gasteiger partial charge in [0.05, 0.1) is 21.2 Å². The SMILES string of the molecule is Cc1cccc(NC(=O)c2ccc(NS(=O)(=O)c3ccc(Cl)cc3)cc2Cl)c1C. The van der Waals surface area contributed by atoms with Gasteiger partial charge in [-0.25, -0.2) is 8.42 Å². The van der Waals surface area contributed by atoms with Gasteiger partial charge in [0.2, 0.25) is 0 Å². The topological polar surface area (TPSA) is 75.3 Å². The summed E-state index contributed by atoms with van der Waals surface area (Å²) in [5, 5.41) is 3.40. The average molecular weight is 449 g/mol. The zero-order valence-electron chi connectivity index (χ0n) is 15.7. The van der Waals surface area contributed by atoms with Crippen molar-refractivity contribution < 1.29 is 13.2 Å². The molecule has 0 saturated heterocycles. The average Bonchev–Trinajstić information content (AvgIpc) is 2.65. The molecule has 29 heavy (non-hydrogen) atoms. The summed E-state index contributed by atoms with van der Waals surface area (Å²) >= 11 is 12.0. The Morgan fingerprint density at radius 2 is 1.62 bits per heavy atom. The minimum absolute atomic E-state index is 0.0646. The van der Waals surface area contributed by atoms with Gasteiger partial charge in [0.1, 0.15) is 0 Å². The van der Waals surface area contributed by atoms with Gasteiger partial charge in [-0.1, -0.05) is 35.3 Å². The largest absolute Gasteiger partial charge is 0.322 e. The number of aryl methyl sites for hydroxylation is 1. The molecule has 0 atom stereocenters. The highest BCUT2D eigenvalue weighted by Gasteiger charge is 2.17. The van der Waals surface area contributed by atoms with Crippen LogP contribution in [0, 0.1) is 13.8 Å². The molecule has 0 unspecified atom stereocenters. The number of benzene rings is 3. The Labute approximate surface area is 179 Å². The summed E-state index contributed by atoms with van der Waals surface area (Å²) in [6.45, 7) is 3.88. The first-order chi connectivity index (χ1) is 13.7. The van der Waals surface area contributed by atoms with Crippen molar-refractivity contribution in [1.29, 1.82) is 0 Å². The predicted octanol–water partition coefficient (Wildman–Crippen LogP) is 5.66. The number of carbonyl (C=O) groups is 1. The van der Waals surface area contributed by atoms with E-state index in [0.717, 1.165) is 11.1 Å². The molecule has 3 aromatic rings. The van der Waals surface area contributed by atoms with Gasteiger partial charge in [0, 0.05) is 10.7 Å². The second-order valence-corrected chi connectivity index (χ2v) is 8.98. The van der Waals surface area contributed by atoms with Crippen LogP contribution in [0.3, 0.4) is 0 Å². The maximum atomic E-state index is 12.6. The third-order valence-electron chi connectivity index (χ3n) is 4.44. The molecule has 5 nitrogen and oxygen atoms in total. The van der Waals surface area contributed by atoms with Crippen LogP contribution in [0.4, 0.5) is 11.4 Å². The van der Waals surface area contributed by atoms with Gasteiger partial charge in [-0.15, -0.1) is 0 Å². The number of hydrogen-bond donors (Lipinski definition) is 2. The standard InChI is InChI=1S/C21H18Cl2N2O3S/c1-13-4-3-5-20(14(13)2)24-21(26)18-11-8-16(12-19(18)23)25-29(27,28)17-9-6-15(22)7-10-17/h3-12,25H,1-2H3,(H,24,26). The molecule has 1 amide bonds. The second-order valence-electron chi connectivity index (χ2n) is 6.46. The number of sulfonamides is 1. The Balaban J connectivity index is 1.80. The van der Waals surface area contributed by atoms with E-state index in [1.165, 1.54) is 42.5 Å². The highest BCUT2D eigenvalue weighted by molar-refractivity contribution is 7.92. The molecule has 0 aromatic heterocycles. The van der Waals surface area contributed by atoms with Gasteiger partial charge in [-0.2, -0.15) is 0 Å². The number of rotatable bonds is 5. The normalized spacial score (nSPS) is 11.2. The quantitative estimate of drug-likeness (QED) is 0.528. The highest BCUT2D eigenvalue weighted by atomic mass is 35.5. The van der Waals surface area contributed by atoms with Crippen LogP contribution in [0.25, 0.3) is 0 Å². The summed E-state index contributed by atoms with van der Waals surface area (Å²) < 4.78 is 27.4. The van der Waals surface area contributed by atoms with Crippen LogP contribution >= 0.6 is 23.2 Å². The van der Waals surface area contributed by atoms with E-state index in [9.17, 15) is 13.2 Å². The molecule has 8 heteroatoms. The van der Waals surface area contributed by atoms with Crippen LogP contribution in [0.5, 0.6) is 0 Å². The summed E-state index contributed by atoms with van der Waals surface area (Å²) in [7, 11) is -3.81. The van der Waals surface area contributed by atoms with Crippen LogP contribution < -0.4 is 10.0 Å². The molecular weight excluding hydrogens is 431 g/mol. The van der Waals surface area contributed by atoms with Gasteiger partial charge in [0.25, 0.3) is 15.9 Å². The molecular formula is C21H18Cl2N2O3S. The van der Waals surface area contributed by atoms with Crippen molar-refractivity contribution in [2.75, 3.05) is 10.0 Å². The Kier molecular flexibility index (Phi) is 6.17. The molecule has 0 saturated carbocycles. The Morgan fingerprint density at radius 3 is 2.28 bits per heavy atom. The highest BCUT2D eigenvalue weighted by Crippen LogP contribution is 2.26. The molecule has 0 bridgehead atoms. The van der Waals surface area contributed by atoms with Crippen LogP contribution in [0.2, 0.25) is 10.0 Å².